The van der Waals surface area contributed by atoms with Crippen LogP contribution >= 0.6 is 0 Å². The number of ether oxygens (including phenoxy) is 1. The van der Waals surface area contributed by atoms with Crippen molar-refractivity contribution in [3.05, 3.63) is 35.4 Å². The van der Waals surface area contributed by atoms with Gasteiger partial charge in [0.2, 0.25) is 5.41 Å². The summed E-state index contributed by atoms with van der Waals surface area (Å²) in [4.78, 5) is 24.7. The van der Waals surface area contributed by atoms with E-state index in [0.717, 1.165) is 0 Å². The molecule has 0 saturated carbocycles. The van der Waals surface area contributed by atoms with Crippen molar-refractivity contribution in [2.75, 3.05) is 0 Å². The van der Waals surface area contributed by atoms with E-state index in [0.29, 0.717) is 5.56 Å². The Morgan fingerprint density at radius 1 is 1.18 bits per heavy atom. The number of hydrogen-bond donors (Lipinski definition) is 0. The van der Waals surface area contributed by atoms with Crippen LogP contribution in [0, 0.1) is 5.41 Å². The number of Topliss-reactive ketones (excluding diaryl/α,β-unsaturated/α-hetero) is 1. The third kappa shape index (κ3) is 2.62. The SMILES string of the molecule is CC(C)(C)OC(=O)[C@@]1(C(F)(F)F)CCc2ccccc2C1=O. The Kier molecular flexibility index (Phi) is 3.83. The first-order valence-electron chi connectivity index (χ1n) is 6.92. The van der Waals surface area contributed by atoms with E-state index in [1.807, 2.05) is 0 Å². The van der Waals surface area contributed by atoms with Crippen molar-refractivity contribution in [3.8, 4) is 0 Å². The van der Waals surface area contributed by atoms with Crippen molar-refractivity contribution in [2.24, 2.45) is 5.41 Å². The fourth-order valence-corrected chi connectivity index (χ4v) is 2.57. The molecule has 2 rings (SSSR count). The average Bonchev–Trinajstić information content (AvgIpc) is 2.36. The quantitative estimate of drug-likeness (QED) is 0.586. The molecular formula is C16H17F3O3. The fraction of sp³-hybridized carbons (Fsp3) is 0.500. The normalized spacial score (nSPS) is 22.2. The van der Waals surface area contributed by atoms with E-state index in [9.17, 15) is 22.8 Å². The molecule has 6 heteroatoms. The Morgan fingerprint density at radius 2 is 1.77 bits per heavy atom. The molecular weight excluding hydrogens is 297 g/mol. The summed E-state index contributed by atoms with van der Waals surface area (Å²) in [6.45, 7) is 4.41. The molecule has 0 aromatic heterocycles. The highest BCUT2D eigenvalue weighted by atomic mass is 19.4. The zero-order valence-corrected chi connectivity index (χ0v) is 12.6. The molecule has 1 atom stereocenters. The summed E-state index contributed by atoms with van der Waals surface area (Å²) in [6.07, 6.45) is -5.62. The van der Waals surface area contributed by atoms with E-state index in [1.165, 1.54) is 32.9 Å². The Hall–Kier alpha value is -1.85. The van der Waals surface area contributed by atoms with Crippen LogP contribution in [0.25, 0.3) is 0 Å². The maximum atomic E-state index is 13.6. The maximum absolute atomic E-state index is 13.6. The van der Waals surface area contributed by atoms with Gasteiger partial charge in [0.1, 0.15) is 5.60 Å². The largest absolute Gasteiger partial charge is 0.459 e. The van der Waals surface area contributed by atoms with Gasteiger partial charge in [-0.2, -0.15) is 13.2 Å². The number of fused-ring (bicyclic) bond motifs is 1. The summed E-state index contributed by atoms with van der Waals surface area (Å²) in [5.41, 5.74) is -3.76. The van der Waals surface area contributed by atoms with Crippen LogP contribution in [0.15, 0.2) is 24.3 Å². The second kappa shape index (κ2) is 5.11. The topological polar surface area (TPSA) is 43.4 Å². The maximum Gasteiger partial charge on any atom is 0.412 e. The van der Waals surface area contributed by atoms with Gasteiger partial charge in [-0.1, -0.05) is 24.3 Å². The molecule has 0 N–H and O–H groups in total. The van der Waals surface area contributed by atoms with Crippen molar-refractivity contribution in [2.45, 2.75) is 45.4 Å². The van der Waals surface area contributed by atoms with E-state index >= 15 is 0 Å². The van der Waals surface area contributed by atoms with Gasteiger partial charge in [-0.3, -0.25) is 9.59 Å². The number of rotatable bonds is 1. The number of carbonyl (C=O) groups is 2. The van der Waals surface area contributed by atoms with Crippen LogP contribution in [0.1, 0.15) is 43.1 Å². The highest BCUT2D eigenvalue weighted by molar-refractivity contribution is 6.14. The molecule has 0 amide bonds. The number of halogens is 3. The first-order chi connectivity index (χ1) is 9.99. The summed E-state index contributed by atoms with van der Waals surface area (Å²) in [6, 6.07) is 6.06. The summed E-state index contributed by atoms with van der Waals surface area (Å²) in [5.74, 6) is -2.75. The molecule has 0 bridgehead atoms. The lowest BCUT2D eigenvalue weighted by Gasteiger charge is -2.37. The van der Waals surface area contributed by atoms with Crippen molar-refractivity contribution in [1.82, 2.24) is 0 Å². The van der Waals surface area contributed by atoms with E-state index in [-0.39, 0.29) is 12.0 Å². The second-order valence-corrected chi connectivity index (χ2v) is 6.39. The Balaban J connectivity index is 2.54. The zero-order valence-electron chi connectivity index (χ0n) is 12.6. The molecule has 3 nitrogen and oxygen atoms in total. The van der Waals surface area contributed by atoms with Crippen LogP contribution in [0.2, 0.25) is 0 Å². The van der Waals surface area contributed by atoms with E-state index in [1.54, 1.807) is 12.1 Å². The first-order valence-corrected chi connectivity index (χ1v) is 6.92. The molecule has 22 heavy (non-hydrogen) atoms. The highest BCUT2D eigenvalue weighted by Gasteiger charge is 2.67. The zero-order chi connectivity index (χ0) is 16.8. The van der Waals surface area contributed by atoms with Crippen molar-refractivity contribution < 1.29 is 27.5 Å². The molecule has 0 aliphatic heterocycles. The van der Waals surface area contributed by atoms with Gasteiger partial charge in [-0.05, 0) is 39.2 Å². The number of hydrogen-bond acceptors (Lipinski definition) is 3. The number of ketones is 1. The van der Waals surface area contributed by atoms with Crippen LogP contribution in [0.4, 0.5) is 13.2 Å². The predicted molar refractivity (Wildman–Crippen MR) is 73.4 cm³/mol. The number of esters is 1. The molecule has 0 unspecified atom stereocenters. The van der Waals surface area contributed by atoms with E-state index < -0.39 is 35.4 Å². The van der Waals surface area contributed by atoms with Crippen molar-refractivity contribution >= 4 is 11.8 Å². The summed E-state index contributed by atoms with van der Waals surface area (Å²) >= 11 is 0. The van der Waals surface area contributed by atoms with E-state index in [4.69, 9.17) is 4.74 Å². The molecule has 0 heterocycles. The van der Waals surface area contributed by atoms with Crippen LogP contribution in [-0.2, 0) is 16.0 Å². The minimum absolute atomic E-state index is 0.000661. The van der Waals surface area contributed by atoms with E-state index in [2.05, 4.69) is 0 Å². The summed E-state index contributed by atoms with van der Waals surface area (Å²) < 4.78 is 45.8. The Labute approximate surface area is 126 Å². The molecule has 0 fully saturated rings. The standard InChI is InChI=1S/C16H17F3O3/c1-14(2,3)22-13(21)15(16(17,18)19)9-8-10-6-4-5-7-11(10)12(15)20/h4-7H,8-9H2,1-3H3/t15-/m1/s1. The van der Waals surface area contributed by atoms with Crippen LogP contribution in [0.5, 0.6) is 0 Å². The summed E-state index contributed by atoms with van der Waals surface area (Å²) in [5, 5.41) is 0. The van der Waals surface area contributed by atoms with Crippen molar-refractivity contribution in [1.29, 1.82) is 0 Å². The lowest BCUT2D eigenvalue weighted by molar-refractivity contribution is -0.226. The Bertz CT molecular complexity index is 614. The van der Waals surface area contributed by atoms with Crippen molar-refractivity contribution in [3.63, 3.8) is 0 Å². The van der Waals surface area contributed by atoms with Crippen LogP contribution < -0.4 is 0 Å². The lowest BCUT2D eigenvalue weighted by atomic mass is 9.69. The molecule has 1 aliphatic rings. The minimum Gasteiger partial charge on any atom is -0.459 e. The molecule has 0 saturated heterocycles. The average molecular weight is 314 g/mol. The number of benzene rings is 1. The predicted octanol–water partition coefficient (Wildman–Crippen LogP) is 3.71. The van der Waals surface area contributed by atoms with Crippen LogP contribution in [0.3, 0.4) is 0 Å². The number of aryl methyl sites for hydroxylation is 1. The summed E-state index contributed by atoms with van der Waals surface area (Å²) in [7, 11) is 0. The van der Waals surface area contributed by atoms with Gasteiger partial charge >= 0.3 is 12.1 Å². The molecule has 1 aromatic rings. The molecule has 1 aliphatic carbocycles. The lowest BCUT2D eigenvalue weighted by Crippen LogP contribution is -2.55. The van der Waals surface area contributed by atoms with Gasteiger partial charge in [0.15, 0.2) is 5.78 Å². The first kappa shape index (κ1) is 16.5. The molecule has 120 valence electrons. The monoisotopic (exact) mass is 314 g/mol. The van der Waals surface area contributed by atoms with Gasteiger partial charge in [-0.25, -0.2) is 0 Å². The molecule has 1 aromatic carbocycles. The smallest absolute Gasteiger partial charge is 0.412 e. The van der Waals surface area contributed by atoms with Crippen LogP contribution in [-0.4, -0.2) is 23.5 Å². The number of carbonyl (C=O) groups excluding carboxylic acids is 2. The third-order valence-electron chi connectivity index (χ3n) is 3.65. The van der Waals surface area contributed by atoms with Gasteiger partial charge in [-0.15, -0.1) is 0 Å². The fourth-order valence-electron chi connectivity index (χ4n) is 2.57. The minimum atomic E-state index is -5.00. The van der Waals surface area contributed by atoms with Gasteiger partial charge < -0.3 is 4.74 Å². The highest BCUT2D eigenvalue weighted by Crippen LogP contribution is 2.49. The van der Waals surface area contributed by atoms with Gasteiger partial charge in [0.25, 0.3) is 0 Å². The van der Waals surface area contributed by atoms with Gasteiger partial charge in [0, 0.05) is 5.56 Å². The molecule has 0 spiro atoms. The van der Waals surface area contributed by atoms with Gasteiger partial charge in [0.05, 0.1) is 0 Å². The number of alkyl halides is 3. The molecule has 0 radical (unpaired) electrons. The third-order valence-corrected chi connectivity index (χ3v) is 3.65. The second-order valence-electron chi connectivity index (χ2n) is 6.39. The Morgan fingerprint density at radius 3 is 2.32 bits per heavy atom.